The Balaban J connectivity index is 2.65. The topological polar surface area (TPSA) is 24.1 Å². The second-order valence-corrected chi connectivity index (χ2v) is 2.66. The van der Waals surface area contributed by atoms with Crippen molar-refractivity contribution >= 4 is 12.6 Å². The molecule has 0 aliphatic heterocycles. The van der Waals surface area contributed by atoms with Gasteiger partial charge < -0.3 is 10.6 Å². The van der Waals surface area contributed by atoms with Crippen LogP contribution in [0.15, 0.2) is 0 Å². The van der Waals surface area contributed by atoms with Gasteiger partial charge in [-0.3, -0.25) is 0 Å². The highest BCUT2D eigenvalue weighted by Crippen LogP contribution is 1.87. The SMILES string of the molecule is CCNCNCCCCS. The summed E-state index contributed by atoms with van der Waals surface area (Å²) in [5, 5.41) is 6.47. The van der Waals surface area contributed by atoms with Crippen molar-refractivity contribution in [2.45, 2.75) is 19.8 Å². The number of thiol groups is 1. The van der Waals surface area contributed by atoms with Crippen LogP contribution >= 0.6 is 12.6 Å². The molecule has 62 valence electrons. The average Bonchev–Trinajstić information content (AvgIpc) is 1.97. The molecule has 0 spiro atoms. The number of rotatable bonds is 7. The van der Waals surface area contributed by atoms with E-state index in [4.69, 9.17) is 0 Å². The smallest absolute Gasteiger partial charge is 0.0454 e. The summed E-state index contributed by atoms with van der Waals surface area (Å²) in [4.78, 5) is 0. The van der Waals surface area contributed by atoms with E-state index in [2.05, 4.69) is 30.2 Å². The molecular weight excluding hydrogens is 144 g/mol. The third-order valence-electron chi connectivity index (χ3n) is 1.26. The summed E-state index contributed by atoms with van der Waals surface area (Å²) in [5.74, 6) is 1.00. The van der Waals surface area contributed by atoms with E-state index >= 15 is 0 Å². The fourth-order valence-electron chi connectivity index (χ4n) is 0.664. The van der Waals surface area contributed by atoms with Crippen molar-refractivity contribution in [2.75, 3.05) is 25.5 Å². The van der Waals surface area contributed by atoms with E-state index in [1.807, 2.05) is 0 Å². The number of unbranched alkanes of at least 4 members (excludes halogenated alkanes) is 1. The van der Waals surface area contributed by atoms with Crippen LogP contribution in [0.4, 0.5) is 0 Å². The lowest BCUT2D eigenvalue weighted by molar-refractivity contribution is 0.579. The van der Waals surface area contributed by atoms with Crippen molar-refractivity contribution in [2.24, 2.45) is 0 Å². The first-order chi connectivity index (χ1) is 4.91. The van der Waals surface area contributed by atoms with Crippen LogP contribution in [-0.4, -0.2) is 25.5 Å². The maximum absolute atomic E-state index is 4.12. The van der Waals surface area contributed by atoms with Crippen LogP contribution in [0.5, 0.6) is 0 Å². The van der Waals surface area contributed by atoms with E-state index in [1.165, 1.54) is 12.8 Å². The quantitative estimate of drug-likeness (QED) is 0.294. The van der Waals surface area contributed by atoms with Gasteiger partial charge in [-0.25, -0.2) is 0 Å². The van der Waals surface area contributed by atoms with Crippen LogP contribution in [0, 0.1) is 0 Å². The largest absolute Gasteiger partial charge is 0.305 e. The number of hydrogen-bond donors (Lipinski definition) is 3. The molecule has 0 aromatic carbocycles. The van der Waals surface area contributed by atoms with E-state index in [9.17, 15) is 0 Å². The van der Waals surface area contributed by atoms with Crippen LogP contribution < -0.4 is 10.6 Å². The van der Waals surface area contributed by atoms with Gasteiger partial charge in [0.1, 0.15) is 0 Å². The van der Waals surface area contributed by atoms with Gasteiger partial charge in [-0.15, -0.1) is 0 Å². The van der Waals surface area contributed by atoms with Gasteiger partial charge >= 0.3 is 0 Å². The van der Waals surface area contributed by atoms with Gasteiger partial charge in [-0.2, -0.15) is 12.6 Å². The molecule has 0 aromatic rings. The molecular formula is C7H18N2S. The van der Waals surface area contributed by atoms with Gasteiger partial charge in [0.15, 0.2) is 0 Å². The van der Waals surface area contributed by atoms with Crippen LogP contribution in [0.25, 0.3) is 0 Å². The first-order valence-electron chi connectivity index (χ1n) is 3.94. The standard InChI is InChI=1S/C7H18N2S/c1-2-8-7-9-5-3-4-6-10/h8-10H,2-7H2,1H3. The molecule has 0 atom stereocenters. The van der Waals surface area contributed by atoms with Crippen LogP contribution in [0.2, 0.25) is 0 Å². The minimum atomic E-state index is 0.934. The molecule has 0 aliphatic rings. The van der Waals surface area contributed by atoms with E-state index < -0.39 is 0 Å². The average molecular weight is 162 g/mol. The molecule has 10 heavy (non-hydrogen) atoms. The Labute approximate surface area is 69.2 Å². The van der Waals surface area contributed by atoms with Gasteiger partial charge in [0, 0.05) is 6.67 Å². The summed E-state index contributed by atoms with van der Waals surface area (Å²) in [6, 6.07) is 0. The molecule has 0 unspecified atom stereocenters. The Kier molecular flexibility index (Phi) is 9.52. The molecule has 0 rings (SSSR count). The third-order valence-corrected chi connectivity index (χ3v) is 1.58. The molecule has 0 saturated carbocycles. The van der Waals surface area contributed by atoms with Crippen LogP contribution in [0.3, 0.4) is 0 Å². The van der Waals surface area contributed by atoms with E-state index in [0.717, 1.165) is 25.5 Å². The maximum atomic E-state index is 4.12. The fraction of sp³-hybridized carbons (Fsp3) is 1.00. The predicted octanol–water partition coefficient (Wildman–Crippen LogP) is 0.853. The molecule has 0 aromatic heterocycles. The molecule has 0 saturated heterocycles. The molecule has 0 amide bonds. The molecule has 0 heterocycles. The summed E-state index contributed by atoms with van der Waals surface area (Å²) in [6.07, 6.45) is 2.44. The summed E-state index contributed by atoms with van der Waals surface area (Å²) < 4.78 is 0. The first kappa shape index (κ1) is 10.3. The highest BCUT2D eigenvalue weighted by atomic mass is 32.1. The van der Waals surface area contributed by atoms with Gasteiger partial charge in [-0.05, 0) is 31.7 Å². The molecule has 3 heteroatoms. The zero-order valence-electron chi connectivity index (χ0n) is 6.69. The summed E-state index contributed by atoms with van der Waals surface area (Å²) in [6.45, 7) is 5.19. The summed E-state index contributed by atoms with van der Waals surface area (Å²) >= 11 is 4.12. The molecule has 0 aliphatic carbocycles. The van der Waals surface area contributed by atoms with E-state index in [-0.39, 0.29) is 0 Å². The molecule has 2 N–H and O–H groups in total. The molecule has 2 nitrogen and oxygen atoms in total. The van der Waals surface area contributed by atoms with Crippen molar-refractivity contribution in [1.29, 1.82) is 0 Å². The van der Waals surface area contributed by atoms with Crippen LogP contribution in [-0.2, 0) is 0 Å². The zero-order chi connectivity index (χ0) is 7.66. The van der Waals surface area contributed by atoms with Crippen LogP contribution in [0.1, 0.15) is 19.8 Å². The monoisotopic (exact) mass is 162 g/mol. The Morgan fingerprint density at radius 1 is 1.20 bits per heavy atom. The van der Waals surface area contributed by atoms with E-state index in [0.29, 0.717) is 0 Å². The van der Waals surface area contributed by atoms with Crippen molar-refractivity contribution < 1.29 is 0 Å². The van der Waals surface area contributed by atoms with Crippen molar-refractivity contribution in [3.05, 3.63) is 0 Å². The molecule has 0 bridgehead atoms. The van der Waals surface area contributed by atoms with Crippen molar-refractivity contribution in [1.82, 2.24) is 10.6 Å². The van der Waals surface area contributed by atoms with Crippen molar-refractivity contribution in [3.63, 3.8) is 0 Å². The summed E-state index contributed by atoms with van der Waals surface area (Å²) in [5.41, 5.74) is 0. The highest BCUT2D eigenvalue weighted by Gasteiger charge is 1.84. The lowest BCUT2D eigenvalue weighted by Crippen LogP contribution is -2.29. The minimum absolute atomic E-state index is 0.934. The highest BCUT2D eigenvalue weighted by molar-refractivity contribution is 7.80. The van der Waals surface area contributed by atoms with Gasteiger partial charge in [0.05, 0.1) is 0 Å². The normalized spacial score (nSPS) is 10.2. The number of hydrogen-bond acceptors (Lipinski definition) is 3. The number of nitrogens with one attached hydrogen (secondary N) is 2. The summed E-state index contributed by atoms with van der Waals surface area (Å²) in [7, 11) is 0. The molecule has 0 fully saturated rings. The van der Waals surface area contributed by atoms with E-state index in [1.54, 1.807) is 0 Å². The lowest BCUT2D eigenvalue weighted by Gasteiger charge is -2.02. The first-order valence-corrected chi connectivity index (χ1v) is 4.57. The lowest BCUT2D eigenvalue weighted by atomic mass is 10.3. The Hall–Kier alpha value is 0.270. The Morgan fingerprint density at radius 3 is 2.60 bits per heavy atom. The fourth-order valence-corrected chi connectivity index (χ4v) is 0.887. The predicted molar refractivity (Wildman–Crippen MR) is 49.6 cm³/mol. The second-order valence-electron chi connectivity index (χ2n) is 2.21. The van der Waals surface area contributed by atoms with Gasteiger partial charge in [0.25, 0.3) is 0 Å². The third kappa shape index (κ3) is 8.27. The van der Waals surface area contributed by atoms with Gasteiger partial charge in [-0.1, -0.05) is 6.92 Å². The Morgan fingerprint density at radius 2 is 2.00 bits per heavy atom. The van der Waals surface area contributed by atoms with Gasteiger partial charge in [0.2, 0.25) is 0 Å². The maximum Gasteiger partial charge on any atom is 0.0454 e. The van der Waals surface area contributed by atoms with Crippen molar-refractivity contribution in [3.8, 4) is 0 Å². The Bertz CT molecular complexity index is 51.6. The second kappa shape index (κ2) is 9.27. The minimum Gasteiger partial charge on any atom is -0.305 e. The zero-order valence-corrected chi connectivity index (χ0v) is 7.58. The molecule has 0 radical (unpaired) electrons.